The summed E-state index contributed by atoms with van der Waals surface area (Å²) in [5.41, 5.74) is 1.01. The Morgan fingerprint density at radius 3 is 2.52 bits per heavy atom. The molecule has 5 nitrogen and oxygen atoms in total. The van der Waals surface area contributed by atoms with Crippen LogP contribution in [0.15, 0.2) is 18.2 Å². The lowest BCUT2D eigenvalue weighted by atomic mass is 9.96. The van der Waals surface area contributed by atoms with Gasteiger partial charge in [-0.1, -0.05) is 20.8 Å². The number of benzene rings is 1. The van der Waals surface area contributed by atoms with Crippen LogP contribution in [0.25, 0.3) is 0 Å². The summed E-state index contributed by atoms with van der Waals surface area (Å²) >= 11 is 1.38. The van der Waals surface area contributed by atoms with Gasteiger partial charge in [0.1, 0.15) is 17.3 Å². The summed E-state index contributed by atoms with van der Waals surface area (Å²) in [4.78, 5) is 4.52. The molecule has 0 unspecified atom stereocenters. The van der Waals surface area contributed by atoms with Crippen molar-refractivity contribution in [3.8, 4) is 11.5 Å². The summed E-state index contributed by atoms with van der Waals surface area (Å²) in [6, 6.07) is 5.77. The average Bonchev–Trinajstić information content (AvgIpc) is 2.94. The molecule has 114 valence electrons. The van der Waals surface area contributed by atoms with Crippen molar-refractivity contribution in [2.75, 3.05) is 19.5 Å². The van der Waals surface area contributed by atoms with Gasteiger partial charge in [0.25, 0.3) is 0 Å². The van der Waals surface area contributed by atoms with Crippen molar-refractivity contribution >= 4 is 16.7 Å². The smallest absolute Gasteiger partial charge is 0.202 e. The van der Waals surface area contributed by atoms with E-state index in [4.69, 9.17) is 9.47 Å². The molecule has 0 radical (unpaired) electrons. The number of rotatable bonds is 5. The predicted molar refractivity (Wildman–Crippen MR) is 85.5 cm³/mol. The molecule has 0 aliphatic carbocycles. The number of methoxy groups -OCH3 is 2. The molecule has 6 heteroatoms. The highest BCUT2D eigenvalue weighted by molar-refractivity contribution is 7.09. The van der Waals surface area contributed by atoms with Crippen LogP contribution in [0.5, 0.6) is 11.5 Å². The molecule has 0 amide bonds. The van der Waals surface area contributed by atoms with E-state index in [1.807, 2.05) is 18.2 Å². The third kappa shape index (κ3) is 3.85. The molecule has 21 heavy (non-hydrogen) atoms. The summed E-state index contributed by atoms with van der Waals surface area (Å²) in [6.45, 7) is 6.94. The Labute approximate surface area is 129 Å². The number of nitrogens with one attached hydrogen (secondary N) is 1. The molecule has 0 atom stereocenters. The van der Waals surface area contributed by atoms with E-state index in [2.05, 4.69) is 35.4 Å². The molecule has 1 N–H and O–H groups in total. The first-order chi connectivity index (χ1) is 9.94. The predicted octanol–water partition coefficient (Wildman–Crippen LogP) is 3.46. The van der Waals surface area contributed by atoms with Gasteiger partial charge in [0, 0.05) is 35.1 Å². The van der Waals surface area contributed by atoms with Gasteiger partial charge in [-0.3, -0.25) is 0 Å². The summed E-state index contributed by atoms with van der Waals surface area (Å²) in [6.07, 6.45) is 0. The highest BCUT2D eigenvalue weighted by Crippen LogP contribution is 2.27. The summed E-state index contributed by atoms with van der Waals surface area (Å²) in [5.74, 6) is 2.43. The van der Waals surface area contributed by atoms with Crippen LogP contribution in [-0.4, -0.2) is 23.6 Å². The minimum atomic E-state index is -0.0335. The molecule has 1 aromatic heterocycles. The zero-order chi connectivity index (χ0) is 15.5. The number of hydrogen-bond donors (Lipinski definition) is 1. The standard InChI is InChI=1S/C15H21N3O2S/c1-15(2,3)13-17-14(21-18-13)16-9-10-6-7-11(19-4)8-12(10)20-5/h6-8H,9H2,1-5H3,(H,16,17,18). The number of aromatic nitrogens is 2. The van der Waals surface area contributed by atoms with Crippen molar-refractivity contribution in [1.82, 2.24) is 9.36 Å². The highest BCUT2D eigenvalue weighted by Gasteiger charge is 2.19. The molecule has 0 bridgehead atoms. The van der Waals surface area contributed by atoms with Gasteiger partial charge in [-0.05, 0) is 12.1 Å². The number of anilines is 1. The van der Waals surface area contributed by atoms with E-state index in [1.165, 1.54) is 11.5 Å². The maximum atomic E-state index is 5.38. The van der Waals surface area contributed by atoms with E-state index in [0.29, 0.717) is 6.54 Å². The number of nitrogens with zero attached hydrogens (tertiary/aromatic N) is 2. The van der Waals surface area contributed by atoms with Crippen LogP contribution in [0.4, 0.5) is 5.13 Å². The quantitative estimate of drug-likeness (QED) is 0.916. The summed E-state index contributed by atoms with van der Waals surface area (Å²) in [5, 5.41) is 4.11. The second kappa shape index (κ2) is 6.30. The van der Waals surface area contributed by atoms with Gasteiger partial charge < -0.3 is 14.8 Å². The Bertz CT molecular complexity index is 605. The fraction of sp³-hybridized carbons (Fsp3) is 0.467. The van der Waals surface area contributed by atoms with E-state index in [-0.39, 0.29) is 5.41 Å². The lowest BCUT2D eigenvalue weighted by molar-refractivity contribution is 0.391. The van der Waals surface area contributed by atoms with Crippen LogP contribution in [0.3, 0.4) is 0 Å². The molecule has 2 rings (SSSR count). The summed E-state index contributed by atoms with van der Waals surface area (Å²) < 4.78 is 15.0. The Balaban J connectivity index is 2.08. The zero-order valence-electron chi connectivity index (χ0n) is 13.1. The molecular weight excluding hydrogens is 286 g/mol. The van der Waals surface area contributed by atoms with Crippen molar-refractivity contribution in [1.29, 1.82) is 0 Å². The Morgan fingerprint density at radius 2 is 1.95 bits per heavy atom. The van der Waals surface area contributed by atoms with Crippen molar-refractivity contribution in [3.63, 3.8) is 0 Å². The summed E-state index contributed by atoms with van der Waals surface area (Å²) in [7, 11) is 3.29. The van der Waals surface area contributed by atoms with E-state index < -0.39 is 0 Å². The van der Waals surface area contributed by atoms with Gasteiger partial charge in [0.15, 0.2) is 0 Å². The van der Waals surface area contributed by atoms with Crippen LogP contribution in [0.2, 0.25) is 0 Å². The molecule has 0 spiro atoms. The first kappa shape index (κ1) is 15.6. The van der Waals surface area contributed by atoms with Gasteiger partial charge >= 0.3 is 0 Å². The zero-order valence-corrected chi connectivity index (χ0v) is 13.9. The third-order valence-electron chi connectivity index (χ3n) is 3.02. The van der Waals surface area contributed by atoms with E-state index in [0.717, 1.165) is 28.0 Å². The number of ether oxygens (including phenoxy) is 2. The molecule has 2 aromatic rings. The molecule has 1 aromatic carbocycles. The lowest BCUT2D eigenvalue weighted by Gasteiger charge is -2.12. The second-order valence-electron chi connectivity index (χ2n) is 5.70. The van der Waals surface area contributed by atoms with Gasteiger partial charge in [0.2, 0.25) is 5.13 Å². The normalized spacial score (nSPS) is 11.3. The van der Waals surface area contributed by atoms with Crippen LogP contribution < -0.4 is 14.8 Å². The Hall–Kier alpha value is -1.82. The highest BCUT2D eigenvalue weighted by atomic mass is 32.1. The fourth-order valence-corrected chi connectivity index (χ4v) is 2.52. The monoisotopic (exact) mass is 307 g/mol. The number of hydrogen-bond acceptors (Lipinski definition) is 6. The van der Waals surface area contributed by atoms with Crippen molar-refractivity contribution in [3.05, 3.63) is 29.6 Å². The van der Waals surface area contributed by atoms with Gasteiger partial charge in [0.05, 0.1) is 14.2 Å². The first-order valence-corrected chi connectivity index (χ1v) is 7.50. The topological polar surface area (TPSA) is 56.3 Å². The molecule has 1 heterocycles. The van der Waals surface area contributed by atoms with E-state index in [9.17, 15) is 0 Å². The van der Waals surface area contributed by atoms with Gasteiger partial charge in [-0.2, -0.15) is 4.37 Å². The largest absolute Gasteiger partial charge is 0.497 e. The molecule has 0 fully saturated rings. The minimum absolute atomic E-state index is 0.0335. The molecular formula is C15H21N3O2S. The third-order valence-corrected chi connectivity index (χ3v) is 3.69. The van der Waals surface area contributed by atoms with Crippen LogP contribution >= 0.6 is 11.5 Å². The van der Waals surface area contributed by atoms with Crippen molar-refractivity contribution < 1.29 is 9.47 Å². The maximum Gasteiger partial charge on any atom is 0.202 e. The SMILES string of the molecule is COc1ccc(CNc2nc(C(C)(C)C)ns2)c(OC)c1. The van der Waals surface area contributed by atoms with Crippen molar-refractivity contribution in [2.24, 2.45) is 0 Å². The van der Waals surface area contributed by atoms with Gasteiger partial charge in [-0.25, -0.2) is 4.98 Å². The molecule has 0 aliphatic rings. The minimum Gasteiger partial charge on any atom is -0.497 e. The maximum absolute atomic E-state index is 5.38. The van der Waals surface area contributed by atoms with Crippen molar-refractivity contribution in [2.45, 2.75) is 32.7 Å². The van der Waals surface area contributed by atoms with E-state index in [1.54, 1.807) is 14.2 Å². The molecule has 0 saturated carbocycles. The average molecular weight is 307 g/mol. The molecule has 0 aliphatic heterocycles. The first-order valence-electron chi connectivity index (χ1n) is 6.73. The molecule has 0 saturated heterocycles. The fourth-order valence-electron chi connectivity index (χ4n) is 1.77. The lowest BCUT2D eigenvalue weighted by Crippen LogP contribution is -2.13. The van der Waals surface area contributed by atoms with Gasteiger partial charge in [-0.15, -0.1) is 0 Å². The van der Waals surface area contributed by atoms with Crippen LogP contribution in [-0.2, 0) is 12.0 Å². The van der Waals surface area contributed by atoms with Crippen LogP contribution in [0.1, 0.15) is 32.2 Å². The second-order valence-corrected chi connectivity index (χ2v) is 6.46. The Morgan fingerprint density at radius 1 is 1.19 bits per heavy atom. The Kier molecular flexibility index (Phi) is 4.67. The van der Waals surface area contributed by atoms with E-state index >= 15 is 0 Å². The van der Waals surface area contributed by atoms with Crippen LogP contribution in [0, 0.1) is 0 Å².